The Morgan fingerprint density at radius 2 is 1.80 bits per heavy atom. The van der Waals surface area contributed by atoms with Gasteiger partial charge in [-0.2, -0.15) is 4.99 Å². The van der Waals surface area contributed by atoms with Crippen molar-refractivity contribution in [3.63, 3.8) is 0 Å². The molecule has 1 aromatic carbocycles. The van der Waals surface area contributed by atoms with Crippen molar-refractivity contribution < 1.29 is 4.39 Å². The van der Waals surface area contributed by atoms with E-state index in [9.17, 15) is 4.39 Å². The Morgan fingerprint density at radius 1 is 1.20 bits per heavy atom. The smallest absolute Gasteiger partial charge is 0.223 e. The van der Waals surface area contributed by atoms with Crippen LogP contribution in [0.1, 0.15) is 19.8 Å². The van der Waals surface area contributed by atoms with Crippen molar-refractivity contribution in [1.29, 1.82) is 0 Å². The summed E-state index contributed by atoms with van der Waals surface area (Å²) in [6, 6.07) is 5.73. The minimum atomic E-state index is -0.312. The number of rotatable bonds is 1. The van der Waals surface area contributed by atoms with Gasteiger partial charge in [0.1, 0.15) is 5.82 Å². The first-order valence-electron chi connectivity index (χ1n) is 6.73. The molecule has 1 aliphatic heterocycles. The fourth-order valence-corrected chi connectivity index (χ4v) is 2.10. The van der Waals surface area contributed by atoms with Crippen molar-refractivity contribution in [3.8, 4) is 0 Å². The maximum Gasteiger partial charge on any atom is 0.223 e. The summed E-state index contributed by atoms with van der Waals surface area (Å²) in [5.74, 6) is 0.880. The highest BCUT2D eigenvalue weighted by Crippen LogP contribution is 2.15. The number of hydrogen-bond donors (Lipinski definition) is 2. The number of hydrogen-bond acceptors (Lipinski definition) is 1. The molecular formula is C14H20FN5. The third-order valence-corrected chi connectivity index (χ3v) is 3.41. The first-order valence-corrected chi connectivity index (χ1v) is 6.73. The molecule has 108 valence electrons. The first-order chi connectivity index (χ1) is 9.54. The Bertz CT molecular complexity index is 501. The van der Waals surface area contributed by atoms with Gasteiger partial charge in [-0.15, -0.1) is 0 Å². The number of nitrogens with two attached hydrogens (primary N) is 2. The van der Waals surface area contributed by atoms with Crippen molar-refractivity contribution in [2.45, 2.75) is 19.8 Å². The van der Waals surface area contributed by atoms with Gasteiger partial charge in [-0.1, -0.05) is 6.92 Å². The second-order valence-electron chi connectivity index (χ2n) is 5.09. The minimum Gasteiger partial charge on any atom is -0.369 e. The van der Waals surface area contributed by atoms with Crippen LogP contribution in [0.5, 0.6) is 0 Å². The van der Waals surface area contributed by atoms with E-state index >= 15 is 0 Å². The van der Waals surface area contributed by atoms with E-state index in [0.717, 1.165) is 31.8 Å². The van der Waals surface area contributed by atoms with Crippen LogP contribution in [0.3, 0.4) is 0 Å². The summed E-state index contributed by atoms with van der Waals surface area (Å²) in [7, 11) is 0. The SMILES string of the molecule is CC1CCN(/C(N)=N/C(N)=Nc2ccc(F)cc2)CC1. The van der Waals surface area contributed by atoms with Crippen LogP contribution in [0, 0.1) is 11.7 Å². The molecule has 1 saturated heterocycles. The number of likely N-dealkylation sites (tertiary alicyclic amines) is 1. The number of piperidine rings is 1. The Balaban J connectivity index is 2.03. The number of guanidine groups is 2. The summed E-state index contributed by atoms with van der Waals surface area (Å²) in [6.45, 7) is 4.01. The van der Waals surface area contributed by atoms with Crippen LogP contribution in [0.15, 0.2) is 34.3 Å². The maximum absolute atomic E-state index is 12.8. The molecule has 6 heteroatoms. The molecule has 0 aliphatic carbocycles. The van der Waals surface area contributed by atoms with E-state index in [1.54, 1.807) is 0 Å². The predicted molar refractivity (Wildman–Crippen MR) is 79.3 cm³/mol. The van der Waals surface area contributed by atoms with Crippen molar-refractivity contribution >= 4 is 17.6 Å². The lowest BCUT2D eigenvalue weighted by Crippen LogP contribution is -2.43. The summed E-state index contributed by atoms with van der Waals surface area (Å²) in [6.07, 6.45) is 2.20. The lowest BCUT2D eigenvalue weighted by atomic mass is 10.00. The van der Waals surface area contributed by atoms with Gasteiger partial charge in [-0.25, -0.2) is 9.38 Å². The fraction of sp³-hybridized carbons (Fsp3) is 0.429. The normalized spacial score (nSPS) is 18.4. The molecule has 0 atom stereocenters. The monoisotopic (exact) mass is 277 g/mol. The molecule has 0 radical (unpaired) electrons. The van der Waals surface area contributed by atoms with Crippen LogP contribution in [0.4, 0.5) is 10.1 Å². The molecular weight excluding hydrogens is 257 g/mol. The third kappa shape index (κ3) is 3.94. The van der Waals surface area contributed by atoms with Crippen LogP contribution >= 0.6 is 0 Å². The first kappa shape index (κ1) is 14.3. The molecule has 0 saturated carbocycles. The highest BCUT2D eigenvalue weighted by molar-refractivity contribution is 5.94. The lowest BCUT2D eigenvalue weighted by molar-refractivity contribution is 0.278. The molecule has 0 spiro atoms. The summed E-state index contributed by atoms with van der Waals surface area (Å²) in [5.41, 5.74) is 12.2. The molecule has 20 heavy (non-hydrogen) atoms. The lowest BCUT2D eigenvalue weighted by Gasteiger charge is -2.30. The maximum atomic E-state index is 12.8. The van der Waals surface area contributed by atoms with Crippen molar-refractivity contribution in [3.05, 3.63) is 30.1 Å². The zero-order valence-electron chi connectivity index (χ0n) is 11.6. The number of benzene rings is 1. The van der Waals surface area contributed by atoms with Crippen molar-refractivity contribution in [1.82, 2.24) is 4.90 Å². The Labute approximate surface area is 118 Å². The van der Waals surface area contributed by atoms with Gasteiger partial charge < -0.3 is 16.4 Å². The molecule has 1 fully saturated rings. The Morgan fingerprint density at radius 3 is 2.40 bits per heavy atom. The predicted octanol–water partition coefficient (Wildman–Crippen LogP) is 1.82. The molecule has 0 unspecified atom stereocenters. The average molecular weight is 277 g/mol. The average Bonchev–Trinajstić information content (AvgIpc) is 2.42. The number of nitrogens with zero attached hydrogens (tertiary/aromatic N) is 3. The molecule has 5 nitrogen and oxygen atoms in total. The number of aliphatic imine (C=N–C) groups is 2. The van der Waals surface area contributed by atoms with Gasteiger partial charge in [0.2, 0.25) is 5.96 Å². The molecule has 2 rings (SSSR count). The molecule has 0 aromatic heterocycles. The zero-order valence-corrected chi connectivity index (χ0v) is 11.6. The van der Waals surface area contributed by atoms with E-state index in [4.69, 9.17) is 11.5 Å². The van der Waals surface area contributed by atoms with Crippen LogP contribution in [-0.2, 0) is 0 Å². The van der Waals surface area contributed by atoms with Crippen LogP contribution < -0.4 is 11.5 Å². The van der Waals surface area contributed by atoms with Crippen molar-refractivity contribution in [2.75, 3.05) is 13.1 Å². The quantitative estimate of drug-likeness (QED) is 0.607. The van der Waals surface area contributed by atoms with Gasteiger partial charge in [0.15, 0.2) is 5.96 Å². The minimum absolute atomic E-state index is 0.0766. The Hall–Kier alpha value is -2.11. The standard InChI is InChI=1S/C14H20FN5/c1-10-6-8-20(9-7-10)14(17)19-13(16)18-12-4-2-11(15)3-5-12/h2-5,10H,6-9H2,1H3,(H4,16,17,18,19). The summed E-state index contributed by atoms with van der Waals surface area (Å²) >= 11 is 0. The van der Waals surface area contributed by atoms with Crippen molar-refractivity contribution in [2.24, 2.45) is 27.4 Å². The summed E-state index contributed by atoms with van der Waals surface area (Å²) < 4.78 is 12.8. The summed E-state index contributed by atoms with van der Waals surface area (Å²) in [4.78, 5) is 10.2. The fourth-order valence-electron chi connectivity index (χ4n) is 2.10. The number of halogens is 1. The second kappa shape index (κ2) is 6.36. The Kier molecular flexibility index (Phi) is 4.55. The van der Waals surface area contributed by atoms with E-state index in [1.165, 1.54) is 24.3 Å². The van der Waals surface area contributed by atoms with E-state index in [1.807, 2.05) is 4.90 Å². The molecule has 0 amide bonds. The van der Waals surface area contributed by atoms with E-state index in [0.29, 0.717) is 11.6 Å². The van der Waals surface area contributed by atoms with Gasteiger partial charge in [0, 0.05) is 13.1 Å². The van der Waals surface area contributed by atoms with Gasteiger partial charge in [0.25, 0.3) is 0 Å². The van der Waals surface area contributed by atoms with Gasteiger partial charge in [-0.05, 0) is 43.0 Å². The molecule has 4 N–H and O–H groups in total. The van der Waals surface area contributed by atoms with Crippen LogP contribution in [0.25, 0.3) is 0 Å². The molecule has 1 aliphatic rings. The van der Waals surface area contributed by atoms with Gasteiger partial charge in [-0.3, -0.25) is 0 Å². The summed E-state index contributed by atoms with van der Waals surface area (Å²) in [5, 5.41) is 0. The van der Waals surface area contributed by atoms with Crippen LogP contribution in [-0.4, -0.2) is 29.9 Å². The topological polar surface area (TPSA) is 80.0 Å². The molecule has 1 heterocycles. The van der Waals surface area contributed by atoms with Crippen LogP contribution in [0.2, 0.25) is 0 Å². The highest BCUT2D eigenvalue weighted by Gasteiger charge is 2.17. The second-order valence-corrected chi connectivity index (χ2v) is 5.09. The third-order valence-electron chi connectivity index (χ3n) is 3.41. The van der Waals surface area contributed by atoms with E-state index in [2.05, 4.69) is 16.9 Å². The highest BCUT2D eigenvalue weighted by atomic mass is 19.1. The van der Waals surface area contributed by atoms with E-state index in [-0.39, 0.29) is 11.8 Å². The molecule has 0 bridgehead atoms. The molecule has 1 aromatic rings. The van der Waals surface area contributed by atoms with Gasteiger partial charge >= 0.3 is 0 Å². The van der Waals surface area contributed by atoms with E-state index < -0.39 is 0 Å². The zero-order chi connectivity index (χ0) is 14.5. The largest absolute Gasteiger partial charge is 0.369 e. The van der Waals surface area contributed by atoms with Gasteiger partial charge in [0.05, 0.1) is 5.69 Å².